The van der Waals surface area contributed by atoms with Gasteiger partial charge in [0.15, 0.2) is 0 Å². The molecule has 0 aromatic heterocycles. The van der Waals surface area contributed by atoms with Crippen LogP contribution in [0.3, 0.4) is 0 Å². The van der Waals surface area contributed by atoms with E-state index in [9.17, 15) is 8.78 Å². The van der Waals surface area contributed by atoms with E-state index < -0.39 is 11.6 Å². The van der Waals surface area contributed by atoms with Gasteiger partial charge in [0, 0.05) is 17.7 Å². The number of hydrogen-bond acceptors (Lipinski definition) is 1. The van der Waals surface area contributed by atoms with Crippen LogP contribution in [-0.4, -0.2) is 6.54 Å². The lowest BCUT2D eigenvalue weighted by Crippen LogP contribution is -2.21. The first-order chi connectivity index (χ1) is 7.60. The minimum Gasteiger partial charge on any atom is -0.310 e. The van der Waals surface area contributed by atoms with Gasteiger partial charge in [-0.1, -0.05) is 13.0 Å². The molecule has 0 radical (unpaired) electrons. The maximum atomic E-state index is 13.6. The fourth-order valence-corrected chi connectivity index (χ4v) is 1.68. The standard InChI is InChI=1S/C13H17F2N/c1-4-6-13(16-5-2)10-7-9(3)11(14)8-12(10)15/h4,7-8,13,16H,1,5-6H2,2-3H3. The van der Waals surface area contributed by atoms with E-state index in [1.807, 2.05) is 6.92 Å². The largest absolute Gasteiger partial charge is 0.310 e. The molecule has 1 aromatic rings. The molecule has 1 N–H and O–H groups in total. The lowest BCUT2D eigenvalue weighted by Gasteiger charge is -2.18. The first kappa shape index (κ1) is 12.8. The van der Waals surface area contributed by atoms with Crippen molar-refractivity contribution in [1.82, 2.24) is 5.32 Å². The Morgan fingerprint density at radius 2 is 2.06 bits per heavy atom. The van der Waals surface area contributed by atoms with Gasteiger partial charge >= 0.3 is 0 Å². The van der Waals surface area contributed by atoms with Crippen LogP contribution in [0.15, 0.2) is 24.8 Å². The van der Waals surface area contributed by atoms with E-state index in [4.69, 9.17) is 0 Å². The molecule has 0 saturated carbocycles. The summed E-state index contributed by atoms with van der Waals surface area (Å²) in [6, 6.07) is 2.36. The molecule has 0 heterocycles. The molecule has 0 aliphatic carbocycles. The molecule has 1 nitrogen and oxygen atoms in total. The molecule has 16 heavy (non-hydrogen) atoms. The Hall–Kier alpha value is -1.22. The smallest absolute Gasteiger partial charge is 0.130 e. The average Bonchev–Trinajstić information content (AvgIpc) is 2.23. The average molecular weight is 225 g/mol. The molecule has 0 spiro atoms. The summed E-state index contributed by atoms with van der Waals surface area (Å²) in [6.45, 7) is 7.95. The number of aryl methyl sites for hydroxylation is 1. The highest BCUT2D eigenvalue weighted by Crippen LogP contribution is 2.23. The van der Waals surface area contributed by atoms with Crippen LogP contribution >= 0.6 is 0 Å². The van der Waals surface area contributed by atoms with E-state index in [0.717, 1.165) is 12.6 Å². The summed E-state index contributed by atoms with van der Waals surface area (Å²) in [7, 11) is 0. The number of halogens is 2. The van der Waals surface area contributed by atoms with Gasteiger partial charge in [0.1, 0.15) is 11.6 Å². The Morgan fingerprint density at radius 1 is 1.38 bits per heavy atom. The van der Waals surface area contributed by atoms with Gasteiger partial charge in [-0.2, -0.15) is 0 Å². The third-order valence-electron chi connectivity index (χ3n) is 2.51. The molecule has 0 bridgehead atoms. The molecule has 1 aromatic carbocycles. The summed E-state index contributed by atoms with van der Waals surface area (Å²) in [5.74, 6) is -1.01. The molecule has 0 saturated heterocycles. The fraction of sp³-hybridized carbons (Fsp3) is 0.385. The van der Waals surface area contributed by atoms with Crippen LogP contribution in [0.5, 0.6) is 0 Å². The Morgan fingerprint density at radius 3 is 2.62 bits per heavy atom. The second kappa shape index (κ2) is 5.75. The first-order valence-corrected chi connectivity index (χ1v) is 5.40. The van der Waals surface area contributed by atoms with Crippen molar-refractivity contribution in [1.29, 1.82) is 0 Å². The molecular formula is C13H17F2N. The highest BCUT2D eigenvalue weighted by molar-refractivity contribution is 5.28. The third-order valence-corrected chi connectivity index (χ3v) is 2.51. The highest BCUT2D eigenvalue weighted by Gasteiger charge is 2.15. The van der Waals surface area contributed by atoms with Gasteiger partial charge in [-0.05, 0) is 31.5 Å². The van der Waals surface area contributed by atoms with E-state index in [1.54, 1.807) is 19.1 Å². The zero-order chi connectivity index (χ0) is 12.1. The quantitative estimate of drug-likeness (QED) is 0.756. The number of benzene rings is 1. The minimum atomic E-state index is -0.505. The molecule has 88 valence electrons. The maximum Gasteiger partial charge on any atom is 0.130 e. The van der Waals surface area contributed by atoms with E-state index in [-0.39, 0.29) is 6.04 Å². The summed E-state index contributed by atoms with van der Waals surface area (Å²) >= 11 is 0. The summed E-state index contributed by atoms with van der Waals surface area (Å²) in [4.78, 5) is 0. The van der Waals surface area contributed by atoms with Crippen LogP contribution < -0.4 is 5.32 Å². The molecule has 0 aliphatic rings. The van der Waals surface area contributed by atoms with Gasteiger partial charge in [-0.25, -0.2) is 8.78 Å². The van der Waals surface area contributed by atoms with Gasteiger partial charge in [0.25, 0.3) is 0 Å². The van der Waals surface area contributed by atoms with Crippen LogP contribution in [0.4, 0.5) is 8.78 Å². The number of nitrogens with one attached hydrogen (secondary N) is 1. The molecule has 1 unspecified atom stereocenters. The van der Waals surface area contributed by atoms with Crippen molar-refractivity contribution in [2.45, 2.75) is 26.3 Å². The van der Waals surface area contributed by atoms with Crippen molar-refractivity contribution in [3.05, 3.63) is 47.5 Å². The monoisotopic (exact) mass is 225 g/mol. The Bertz CT molecular complexity index is 374. The lowest BCUT2D eigenvalue weighted by atomic mass is 10.0. The molecule has 0 amide bonds. The Balaban J connectivity index is 3.07. The van der Waals surface area contributed by atoms with Gasteiger partial charge in [0.05, 0.1) is 0 Å². The second-order valence-electron chi connectivity index (χ2n) is 3.76. The molecule has 0 aliphatic heterocycles. The van der Waals surface area contributed by atoms with Gasteiger partial charge in [-0.3, -0.25) is 0 Å². The van der Waals surface area contributed by atoms with Crippen LogP contribution in [-0.2, 0) is 0 Å². The molecular weight excluding hydrogens is 208 g/mol. The first-order valence-electron chi connectivity index (χ1n) is 5.40. The number of rotatable bonds is 5. The molecule has 0 fully saturated rings. The van der Waals surface area contributed by atoms with Crippen LogP contribution in [0, 0.1) is 18.6 Å². The van der Waals surface area contributed by atoms with E-state index >= 15 is 0 Å². The van der Waals surface area contributed by atoms with Crippen molar-refractivity contribution >= 4 is 0 Å². The summed E-state index contributed by atoms with van der Waals surface area (Å²) < 4.78 is 26.7. The highest BCUT2D eigenvalue weighted by atomic mass is 19.1. The zero-order valence-corrected chi connectivity index (χ0v) is 9.69. The van der Waals surface area contributed by atoms with Crippen molar-refractivity contribution < 1.29 is 8.78 Å². The predicted molar refractivity (Wildman–Crippen MR) is 62.3 cm³/mol. The van der Waals surface area contributed by atoms with Crippen molar-refractivity contribution in [2.24, 2.45) is 0 Å². The van der Waals surface area contributed by atoms with Crippen molar-refractivity contribution in [2.75, 3.05) is 6.54 Å². The second-order valence-corrected chi connectivity index (χ2v) is 3.76. The van der Waals surface area contributed by atoms with Crippen LogP contribution in [0.2, 0.25) is 0 Å². The molecule has 3 heteroatoms. The molecule has 1 atom stereocenters. The van der Waals surface area contributed by atoms with Gasteiger partial charge in [-0.15, -0.1) is 6.58 Å². The SMILES string of the molecule is C=CCC(NCC)c1cc(C)c(F)cc1F. The zero-order valence-electron chi connectivity index (χ0n) is 9.69. The third kappa shape index (κ3) is 2.89. The van der Waals surface area contributed by atoms with E-state index in [2.05, 4.69) is 11.9 Å². The van der Waals surface area contributed by atoms with Crippen molar-refractivity contribution in [3.63, 3.8) is 0 Å². The van der Waals surface area contributed by atoms with E-state index in [0.29, 0.717) is 17.5 Å². The topological polar surface area (TPSA) is 12.0 Å². The number of hydrogen-bond donors (Lipinski definition) is 1. The summed E-state index contributed by atoms with van der Waals surface area (Å²) in [5.41, 5.74) is 0.962. The van der Waals surface area contributed by atoms with Crippen molar-refractivity contribution in [3.8, 4) is 0 Å². The Kier molecular flexibility index (Phi) is 4.62. The van der Waals surface area contributed by atoms with Crippen LogP contribution in [0.1, 0.15) is 30.5 Å². The lowest BCUT2D eigenvalue weighted by molar-refractivity contribution is 0.505. The maximum absolute atomic E-state index is 13.6. The van der Waals surface area contributed by atoms with Gasteiger partial charge in [0.2, 0.25) is 0 Å². The fourth-order valence-electron chi connectivity index (χ4n) is 1.68. The molecule has 1 rings (SSSR count). The van der Waals surface area contributed by atoms with E-state index in [1.165, 1.54) is 0 Å². The Labute approximate surface area is 95.2 Å². The summed E-state index contributed by atoms with van der Waals surface area (Å²) in [6.07, 6.45) is 2.35. The predicted octanol–water partition coefficient (Wildman–Crippen LogP) is 3.50. The van der Waals surface area contributed by atoms with Crippen LogP contribution in [0.25, 0.3) is 0 Å². The minimum absolute atomic E-state index is 0.137. The van der Waals surface area contributed by atoms with Gasteiger partial charge < -0.3 is 5.32 Å². The summed E-state index contributed by atoms with van der Waals surface area (Å²) in [5, 5.41) is 3.15. The normalized spacial score (nSPS) is 12.5.